The fraction of sp³-hybridized carbons (Fsp3) is 0.207. The van der Waals surface area contributed by atoms with Gasteiger partial charge in [-0.3, -0.25) is 14.3 Å². The lowest BCUT2D eigenvalue weighted by Gasteiger charge is -2.19. The van der Waals surface area contributed by atoms with Gasteiger partial charge in [-0.1, -0.05) is 74.0 Å². The fourth-order valence-electron chi connectivity index (χ4n) is 4.65. The number of aryl methyl sites for hydroxylation is 1. The second-order valence-electron chi connectivity index (χ2n) is 8.86. The first-order valence-electron chi connectivity index (χ1n) is 12.2. The number of carbonyl (C=O) groups is 1. The molecule has 0 saturated heterocycles. The van der Waals surface area contributed by atoms with E-state index in [2.05, 4.69) is 40.0 Å². The molecule has 7 heteroatoms. The molecule has 0 saturated carbocycles. The molecule has 2 heterocycles. The summed E-state index contributed by atoms with van der Waals surface area (Å²) in [6.07, 6.45) is 0. The van der Waals surface area contributed by atoms with E-state index in [9.17, 15) is 9.90 Å². The molecule has 0 unspecified atom stereocenters. The molecule has 2 aromatic heterocycles. The molecule has 0 aliphatic heterocycles. The molecule has 0 atom stereocenters. The number of nitrogens with zero attached hydrogens (tertiary/aromatic N) is 4. The lowest BCUT2D eigenvalue weighted by Crippen LogP contribution is -2.25. The minimum atomic E-state index is -0.498. The van der Waals surface area contributed by atoms with Crippen LogP contribution in [0.2, 0.25) is 0 Å². The van der Waals surface area contributed by atoms with Crippen molar-refractivity contribution in [1.82, 2.24) is 14.5 Å². The van der Waals surface area contributed by atoms with Gasteiger partial charge in [-0.15, -0.1) is 10.2 Å². The van der Waals surface area contributed by atoms with Gasteiger partial charge in [-0.05, 0) is 43.8 Å². The van der Waals surface area contributed by atoms with E-state index in [0.29, 0.717) is 18.1 Å². The third-order valence-corrected chi connectivity index (χ3v) is 6.62. The summed E-state index contributed by atoms with van der Waals surface area (Å²) >= 11 is 0. The Kier molecular flexibility index (Phi) is 6.40. The highest BCUT2D eigenvalue weighted by Gasteiger charge is 2.21. The van der Waals surface area contributed by atoms with Crippen molar-refractivity contribution in [2.75, 3.05) is 13.1 Å². The number of H-pyrrole nitrogens is 1. The Bertz CT molecular complexity index is 1580. The van der Waals surface area contributed by atoms with Gasteiger partial charge in [-0.2, -0.15) is 0 Å². The van der Waals surface area contributed by atoms with E-state index in [4.69, 9.17) is 0 Å². The fourth-order valence-corrected chi connectivity index (χ4v) is 4.65. The second-order valence-corrected chi connectivity index (χ2v) is 8.86. The third kappa shape index (κ3) is 4.18. The molecular formula is C29H29N5O2. The number of hydrogen-bond acceptors (Lipinski definition) is 4. The van der Waals surface area contributed by atoms with E-state index < -0.39 is 5.91 Å². The van der Waals surface area contributed by atoms with Crippen LogP contribution < -0.4 is 0 Å². The van der Waals surface area contributed by atoms with E-state index in [1.807, 2.05) is 78.2 Å². The molecule has 0 fully saturated rings. The van der Waals surface area contributed by atoms with Crippen molar-refractivity contribution in [1.29, 1.82) is 0 Å². The normalized spacial score (nSPS) is 11.9. The predicted octanol–water partition coefficient (Wildman–Crippen LogP) is 7.03. The number of rotatable bonds is 7. The van der Waals surface area contributed by atoms with Gasteiger partial charge in [0, 0.05) is 21.9 Å². The van der Waals surface area contributed by atoms with Crippen LogP contribution >= 0.6 is 0 Å². The Morgan fingerprint density at radius 1 is 0.972 bits per heavy atom. The summed E-state index contributed by atoms with van der Waals surface area (Å²) in [7, 11) is 0. The van der Waals surface area contributed by atoms with Gasteiger partial charge in [0.15, 0.2) is 5.69 Å². The van der Waals surface area contributed by atoms with Gasteiger partial charge in [0.25, 0.3) is 0 Å². The summed E-state index contributed by atoms with van der Waals surface area (Å²) in [5.74, 6) is -0.502. The third-order valence-electron chi connectivity index (χ3n) is 6.62. The van der Waals surface area contributed by atoms with Crippen LogP contribution in [0.15, 0.2) is 83.0 Å². The van der Waals surface area contributed by atoms with E-state index in [-0.39, 0.29) is 5.88 Å². The standard InChI is InChI=1S/C29H29N5O2/c1-4-33(5-2)18-34-24-14-10-9-13-21(24)26(29(34)36)31-32-28(35)27-25(20-11-7-6-8-12-20)22-17-19(3)15-16-23(22)30-27/h6-17,30,36H,4-5,18H2,1-3H3. The Morgan fingerprint density at radius 3 is 2.44 bits per heavy atom. The number of aromatic hydroxyl groups is 1. The number of para-hydroxylation sites is 1. The van der Waals surface area contributed by atoms with Gasteiger partial charge in [-0.25, -0.2) is 0 Å². The Morgan fingerprint density at radius 2 is 1.69 bits per heavy atom. The summed E-state index contributed by atoms with van der Waals surface area (Å²) in [4.78, 5) is 18.8. The molecule has 1 amide bonds. The molecule has 0 bridgehead atoms. The van der Waals surface area contributed by atoms with Gasteiger partial charge in [0.1, 0.15) is 5.69 Å². The molecule has 0 radical (unpaired) electrons. The highest BCUT2D eigenvalue weighted by atomic mass is 16.3. The summed E-state index contributed by atoms with van der Waals surface area (Å²) < 4.78 is 1.81. The molecule has 0 aliphatic rings. The maximum Gasteiger partial charge on any atom is 0.312 e. The van der Waals surface area contributed by atoms with Crippen LogP contribution in [0.1, 0.15) is 29.9 Å². The van der Waals surface area contributed by atoms with Crippen molar-refractivity contribution in [3.8, 4) is 17.0 Å². The minimum Gasteiger partial charge on any atom is -0.493 e. The van der Waals surface area contributed by atoms with Crippen molar-refractivity contribution in [3.05, 3.63) is 84.1 Å². The lowest BCUT2D eigenvalue weighted by atomic mass is 10.0. The number of nitrogens with one attached hydrogen (secondary N) is 1. The molecule has 5 rings (SSSR count). The minimum absolute atomic E-state index is 0.00444. The smallest absolute Gasteiger partial charge is 0.312 e. The average molecular weight is 480 g/mol. The summed E-state index contributed by atoms with van der Waals surface area (Å²) in [5, 5.41) is 21.1. The molecular weight excluding hydrogens is 450 g/mol. The van der Waals surface area contributed by atoms with Crippen LogP contribution in [0.3, 0.4) is 0 Å². The van der Waals surface area contributed by atoms with Crippen molar-refractivity contribution in [2.45, 2.75) is 27.4 Å². The van der Waals surface area contributed by atoms with E-state index in [0.717, 1.165) is 51.6 Å². The van der Waals surface area contributed by atoms with Crippen LogP contribution in [-0.2, 0) is 6.67 Å². The van der Waals surface area contributed by atoms with Crippen LogP contribution in [-0.4, -0.2) is 38.6 Å². The van der Waals surface area contributed by atoms with Crippen molar-refractivity contribution in [3.63, 3.8) is 0 Å². The summed E-state index contributed by atoms with van der Waals surface area (Å²) in [5.41, 5.74) is 5.19. The number of fused-ring (bicyclic) bond motifs is 2. The Balaban J connectivity index is 1.59. The lowest BCUT2D eigenvalue weighted by molar-refractivity contribution is 0.0991. The van der Waals surface area contributed by atoms with Gasteiger partial charge in [0.05, 0.1) is 12.2 Å². The topological polar surface area (TPSA) is 86.0 Å². The van der Waals surface area contributed by atoms with E-state index in [1.165, 1.54) is 0 Å². The van der Waals surface area contributed by atoms with Crippen LogP contribution in [0, 0.1) is 6.92 Å². The van der Waals surface area contributed by atoms with Crippen molar-refractivity contribution >= 4 is 33.4 Å². The van der Waals surface area contributed by atoms with Gasteiger partial charge in [0.2, 0.25) is 5.88 Å². The molecule has 36 heavy (non-hydrogen) atoms. The zero-order valence-electron chi connectivity index (χ0n) is 20.7. The molecule has 3 aromatic carbocycles. The number of aromatic nitrogens is 2. The highest BCUT2D eigenvalue weighted by Crippen LogP contribution is 2.39. The van der Waals surface area contributed by atoms with Crippen LogP contribution in [0.5, 0.6) is 5.88 Å². The van der Waals surface area contributed by atoms with Gasteiger partial charge >= 0.3 is 5.91 Å². The quantitative estimate of drug-likeness (QED) is 0.246. The monoisotopic (exact) mass is 479 g/mol. The zero-order valence-corrected chi connectivity index (χ0v) is 20.7. The van der Waals surface area contributed by atoms with E-state index >= 15 is 0 Å². The zero-order chi connectivity index (χ0) is 25.2. The number of carbonyl (C=O) groups excluding carboxylic acids is 1. The molecule has 5 aromatic rings. The van der Waals surface area contributed by atoms with E-state index in [1.54, 1.807) is 0 Å². The van der Waals surface area contributed by atoms with Crippen LogP contribution in [0.25, 0.3) is 32.9 Å². The maximum absolute atomic E-state index is 13.4. The predicted molar refractivity (Wildman–Crippen MR) is 144 cm³/mol. The Labute approximate surface area is 209 Å². The first kappa shape index (κ1) is 23.5. The number of benzene rings is 3. The molecule has 7 nitrogen and oxygen atoms in total. The molecule has 0 spiro atoms. The highest BCUT2D eigenvalue weighted by molar-refractivity contribution is 6.10. The number of hydrogen-bond donors (Lipinski definition) is 2. The maximum atomic E-state index is 13.4. The molecule has 0 aliphatic carbocycles. The van der Waals surface area contributed by atoms with Gasteiger partial charge < -0.3 is 10.1 Å². The Hall–Kier alpha value is -4.23. The molecule has 182 valence electrons. The van der Waals surface area contributed by atoms with Crippen molar-refractivity contribution < 1.29 is 9.90 Å². The first-order chi connectivity index (χ1) is 17.5. The second kappa shape index (κ2) is 9.79. The largest absolute Gasteiger partial charge is 0.493 e. The first-order valence-corrected chi connectivity index (χ1v) is 12.2. The number of aromatic amines is 1. The SMILES string of the molecule is CCN(CC)Cn1c(O)c(N=NC(=O)c2[nH]c3ccc(C)cc3c2-c2ccccc2)c2ccccc21. The van der Waals surface area contributed by atoms with Crippen molar-refractivity contribution in [2.24, 2.45) is 10.2 Å². The molecule has 2 N–H and O–H groups in total. The average Bonchev–Trinajstić information content (AvgIpc) is 3.41. The summed E-state index contributed by atoms with van der Waals surface area (Å²) in [6.45, 7) is 8.40. The van der Waals surface area contributed by atoms with Crippen LogP contribution in [0.4, 0.5) is 5.69 Å². The number of azo groups is 1. The number of amides is 1. The summed E-state index contributed by atoms with van der Waals surface area (Å²) in [6, 6.07) is 23.5.